The zero-order chi connectivity index (χ0) is 18.3. The van der Waals surface area contributed by atoms with E-state index in [-0.39, 0.29) is 19.0 Å². The smallest absolute Gasteiger partial charge is 0.411 e. The molecule has 0 radical (unpaired) electrons. The molecule has 2 saturated heterocycles. The first-order valence-corrected chi connectivity index (χ1v) is 9.94. The molecular formula is C18H22N2O5S. The lowest BCUT2D eigenvalue weighted by Gasteiger charge is -2.37. The molecule has 1 aromatic rings. The number of piperidine rings is 1. The third-order valence-corrected chi connectivity index (χ3v) is 6.69. The molecule has 2 fully saturated rings. The van der Waals surface area contributed by atoms with E-state index in [9.17, 15) is 14.4 Å². The van der Waals surface area contributed by atoms with E-state index < -0.39 is 17.7 Å². The average molecular weight is 378 g/mol. The number of aryl methyl sites for hydroxylation is 1. The maximum absolute atomic E-state index is 13.0. The molecule has 0 unspecified atom stereocenters. The summed E-state index contributed by atoms with van der Waals surface area (Å²) in [5, 5.41) is 11.0. The molecule has 0 bridgehead atoms. The molecule has 1 aromatic heterocycles. The molecule has 1 spiro atoms. The quantitative estimate of drug-likeness (QED) is 0.871. The van der Waals surface area contributed by atoms with Crippen LogP contribution in [0.3, 0.4) is 0 Å². The largest absolute Gasteiger partial charge is 0.480 e. The number of rotatable bonds is 3. The topological polar surface area (TPSA) is 87.2 Å². The van der Waals surface area contributed by atoms with Crippen LogP contribution in [0.25, 0.3) is 0 Å². The Bertz CT molecular complexity index is 751. The van der Waals surface area contributed by atoms with Gasteiger partial charge in [-0.3, -0.25) is 14.5 Å². The maximum Gasteiger partial charge on any atom is 0.411 e. The fourth-order valence-corrected chi connectivity index (χ4v) is 5.32. The van der Waals surface area contributed by atoms with Gasteiger partial charge in [-0.1, -0.05) is 0 Å². The van der Waals surface area contributed by atoms with E-state index in [2.05, 4.69) is 5.38 Å². The van der Waals surface area contributed by atoms with Gasteiger partial charge in [0, 0.05) is 25.9 Å². The van der Waals surface area contributed by atoms with E-state index in [1.165, 1.54) is 22.4 Å². The van der Waals surface area contributed by atoms with Crippen molar-refractivity contribution in [3.8, 4) is 0 Å². The first-order valence-electron chi connectivity index (χ1n) is 9.06. The van der Waals surface area contributed by atoms with Crippen LogP contribution in [0, 0.1) is 0 Å². The Morgan fingerprint density at radius 1 is 1.23 bits per heavy atom. The summed E-state index contributed by atoms with van der Waals surface area (Å²) >= 11 is 1.55. The second-order valence-corrected chi connectivity index (χ2v) is 8.25. The number of carbonyl (C=O) groups is 3. The Hall–Kier alpha value is -2.09. The van der Waals surface area contributed by atoms with Crippen LogP contribution in [-0.2, 0) is 22.4 Å². The molecule has 8 heteroatoms. The van der Waals surface area contributed by atoms with Crippen LogP contribution in [0.5, 0.6) is 0 Å². The Balaban J connectivity index is 1.41. The number of carboxylic acids is 1. The molecule has 7 nitrogen and oxygen atoms in total. The third-order valence-electron chi connectivity index (χ3n) is 5.63. The Morgan fingerprint density at radius 2 is 1.96 bits per heavy atom. The van der Waals surface area contributed by atoms with Crippen LogP contribution in [0.15, 0.2) is 5.38 Å². The fraction of sp³-hybridized carbons (Fsp3) is 0.611. The molecule has 0 atom stereocenters. The molecule has 4 rings (SSSR count). The van der Waals surface area contributed by atoms with Crippen molar-refractivity contribution in [3.05, 3.63) is 21.4 Å². The van der Waals surface area contributed by atoms with Crippen LogP contribution in [0.4, 0.5) is 4.79 Å². The molecule has 2 amide bonds. The molecule has 0 aromatic carbocycles. The molecule has 1 N–H and O–H groups in total. The van der Waals surface area contributed by atoms with E-state index in [0.717, 1.165) is 24.1 Å². The number of carbonyl (C=O) groups excluding carboxylic acids is 2. The highest BCUT2D eigenvalue weighted by Crippen LogP contribution is 2.35. The lowest BCUT2D eigenvalue weighted by atomic mass is 9.90. The second-order valence-electron chi connectivity index (χ2n) is 7.37. The second kappa shape index (κ2) is 6.57. The number of aliphatic carboxylic acids is 1. The van der Waals surface area contributed by atoms with E-state index >= 15 is 0 Å². The minimum absolute atomic E-state index is 0.0831. The Labute approximate surface area is 155 Å². The standard InChI is InChI=1S/C18H22N2O5S/c21-14(22)9-20-11-18(25-17(20)24)5-7-19(8-6-18)16(23)15-13-4-2-1-3-12(13)10-26-15/h10H,1-9,11H2,(H,21,22). The van der Waals surface area contributed by atoms with Crippen molar-refractivity contribution < 1.29 is 24.2 Å². The van der Waals surface area contributed by atoms with Crippen LogP contribution < -0.4 is 0 Å². The highest BCUT2D eigenvalue weighted by atomic mass is 32.1. The van der Waals surface area contributed by atoms with Gasteiger partial charge < -0.3 is 14.7 Å². The van der Waals surface area contributed by atoms with Gasteiger partial charge in [-0.2, -0.15) is 0 Å². The normalized spacial score (nSPS) is 21.6. The molecule has 26 heavy (non-hydrogen) atoms. The first kappa shape index (κ1) is 17.3. The van der Waals surface area contributed by atoms with Crippen LogP contribution in [0.1, 0.15) is 46.5 Å². The fourth-order valence-electron chi connectivity index (χ4n) is 4.20. The van der Waals surface area contributed by atoms with Gasteiger partial charge in [0.15, 0.2) is 0 Å². The molecule has 0 saturated carbocycles. The molecule has 140 valence electrons. The number of hydrogen-bond acceptors (Lipinski definition) is 5. The zero-order valence-corrected chi connectivity index (χ0v) is 15.3. The van der Waals surface area contributed by atoms with Crippen LogP contribution in [-0.4, -0.2) is 64.7 Å². The van der Waals surface area contributed by atoms with Gasteiger partial charge in [-0.15, -0.1) is 11.3 Å². The van der Waals surface area contributed by atoms with Crippen LogP contribution in [0.2, 0.25) is 0 Å². The van der Waals surface area contributed by atoms with Crippen molar-refractivity contribution >= 4 is 29.3 Å². The first-order chi connectivity index (χ1) is 12.5. The summed E-state index contributed by atoms with van der Waals surface area (Å²) in [7, 11) is 0. The lowest BCUT2D eigenvalue weighted by molar-refractivity contribution is -0.137. The van der Waals surface area contributed by atoms with E-state index in [1.54, 1.807) is 11.3 Å². The van der Waals surface area contributed by atoms with Crippen molar-refractivity contribution in [3.63, 3.8) is 0 Å². The number of amides is 2. The summed E-state index contributed by atoms with van der Waals surface area (Å²) < 4.78 is 5.50. The van der Waals surface area contributed by atoms with Crippen LogP contribution >= 0.6 is 11.3 Å². The highest BCUT2D eigenvalue weighted by Gasteiger charge is 2.48. The molecular weight excluding hydrogens is 356 g/mol. The van der Waals surface area contributed by atoms with Gasteiger partial charge in [-0.05, 0) is 42.2 Å². The predicted molar refractivity (Wildman–Crippen MR) is 94.5 cm³/mol. The molecule has 2 aliphatic heterocycles. The number of nitrogens with zero attached hydrogens (tertiary/aromatic N) is 2. The number of carboxylic acid groups (broad SMARTS) is 1. The number of hydrogen-bond donors (Lipinski definition) is 1. The Morgan fingerprint density at radius 3 is 2.69 bits per heavy atom. The van der Waals surface area contributed by atoms with E-state index in [4.69, 9.17) is 9.84 Å². The van der Waals surface area contributed by atoms with Gasteiger partial charge in [0.25, 0.3) is 5.91 Å². The SMILES string of the molecule is O=C(O)CN1CC2(CCN(C(=O)c3scc4c3CCCC4)CC2)OC1=O. The predicted octanol–water partition coefficient (Wildman–Crippen LogP) is 2.14. The summed E-state index contributed by atoms with van der Waals surface area (Å²) in [5.41, 5.74) is 1.90. The van der Waals surface area contributed by atoms with E-state index in [0.29, 0.717) is 25.9 Å². The van der Waals surface area contributed by atoms with Gasteiger partial charge in [0.2, 0.25) is 0 Å². The maximum atomic E-state index is 13.0. The number of thiophene rings is 1. The summed E-state index contributed by atoms with van der Waals surface area (Å²) in [5.74, 6) is -0.964. The molecule has 3 heterocycles. The van der Waals surface area contributed by atoms with Crippen molar-refractivity contribution in [2.75, 3.05) is 26.2 Å². The molecule has 3 aliphatic rings. The summed E-state index contributed by atoms with van der Waals surface area (Å²) in [4.78, 5) is 39.7. The number of fused-ring (bicyclic) bond motifs is 1. The Kier molecular flexibility index (Phi) is 4.38. The number of likely N-dealkylation sites (tertiary alicyclic amines) is 1. The van der Waals surface area contributed by atoms with Crippen molar-refractivity contribution in [1.82, 2.24) is 9.80 Å². The van der Waals surface area contributed by atoms with E-state index in [1.807, 2.05) is 4.90 Å². The summed E-state index contributed by atoms with van der Waals surface area (Å²) in [6.45, 7) is 0.999. The van der Waals surface area contributed by atoms with Gasteiger partial charge in [0.1, 0.15) is 12.1 Å². The monoisotopic (exact) mass is 378 g/mol. The van der Waals surface area contributed by atoms with Gasteiger partial charge in [0.05, 0.1) is 11.4 Å². The highest BCUT2D eigenvalue weighted by molar-refractivity contribution is 7.12. The average Bonchev–Trinajstić information content (AvgIpc) is 3.16. The lowest BCUT2D eigenvalue weighted by Crippen LogP contribution is -2.49. The van der Waals surface area contributed by atoms with Gasteiger partial charge in [-0.25, -0.2) is 4.79 Å². The van der Waals surface area contributed by atoms with Crippen molar-refractivity contribution in [2.24, 2.45) is 0 Å². The van der Waals surface area contributed by atoms with Crippen molar-refractivity contribution in [1.29, 1.82) is 0 Å². The zero-order valence-electron chi connectivity index (χ0n) is 14.5. The minimum Gasteiger partial charge on any atom is -0.480 e. The van der Waals surface area contributed by atoms with Crippen molar-refractivity contribution in [2.45, 2.75) is 44.1 Å². The molecule has 1 aliphatic carbocycles. The van der Waals surface area contributed by atoms with Gasteiger partial charge >= 0.3 is 12.1 Å². The summed E-state index contributed by atoms with van der Waals surface area (Å²) in [6, 6.07) is 0. The number of ether oxygens (including phenoxy) is 1. The minimum atomic E-state index is -1.05. The third kappa shape index (κ3) is 3.06. The summed E-state index contributed by atoms with van der Waals surface area (Å²) in [6.07, 6.45) is 4.92.